The summed E-state index contributed by atoms with van der Waals surface area (Å²) in [6.45, 7) is 3.59. The fourth-order valence-electron chi connectivity index (χ4n) is 3.82. The molecule has 2 atom stereocenters. The van der Waals surface area contributed by atoms with Crippen LogP contribution in [-0.4, -0.2) is 46.2 Å². The van der Waals surface area contributed by atoms with Crippen molar-refractivity contribution in [1.29, 1.82) is 5.26 Å². The Morgan fingerprint density at radius 1 is 1.36 bits per heavy atom. The first kappa shape index (κ1) is 16.0. The minimum absolute atomic E-state index is 0.0628. The van der Waals surface area contributed by atoms with E-state index in [2.05, 4.69) is 32.3 Å². The Morgan fingerprint density at radius 2 is 2.32 bits per heavy atom. The summed E-state index contributed by atoms with van der Waals surface area (Å²) in [7, 11) is 0. The molecule has 0 amide bonds. The van der Waals surface area contributed by atoms with Crippen molar-refractivity contribution in [2.45, 2.75) is 31.0 Å². The number of nitriles is 1. The van der Waals surface area contributed by atoms with Gasteiger partial charge in [0.15, 0.2) is 0 Å². The molecule has 0 aromatic carbocycles. The van der Waals surface area contributed by atoms with Crippen LogP contribution in [0.4, 0.5) is 5.82 Å². The maximum atomic E-state index is 8.97. The van der Waals surface area contributed by atoms with E-state index < -0.39 is 0 Å². The molecule has 4 heterocycles. The number of nitrogens with one attached hydrogen (secondary N) is 1. The zero-order valence-electron chi connectivity index (χ0n) is 14.1. The highest BCUT2D eigenvalue weighted by molar-refractivity contribution is 5.39. The molecule has 0 aliphatic carbocycles. The van der Waals surface area contributed by atoms with Crippen LogP contribution in [-0.2, 0) is 11.3 Å². The van der Waals surface area contributed by atoms with Gasteiger partial charge in [-0.3, -0.25) is 9.88 Å². The Hall–Kier alpha value is -2.49. The molecule has 25 heavy (non-hydrogen) atoms. The lowest BCUT2D eigenvalue weighted by molar-refractivity contribution is 0.0120. The molecule has 2 aromatic heterocycles. The van der Waals surface area contributed by atoms with Crippen molar-refractivity contribution >= 4 is 5.82 Å². The van der Waals surface area contributed by atoms with Crippen molar-refractivity contribution in [2.75, 3.05) is 25.0 Å². The van der Waals surface area contributed by atoms with Crippen molar-refractivity contribution in [2.24, 2.45) is 0 Å². The highest BCUT2D eigenvalue weighted by Crippen LogP contribution is 2.36. The molecular weight excluding hydrogens is 314 g/mol. The van der Waals surface area contributed by atoms with Crippen molar-refractivity contribution in [1.82, 2.24) is 14.9 Å². The Labute approximate surface area is 147 Å². The topological polar surface area (TPSA) is 74.1 Å². The van der Waals surface area contributed by atoms with E-state index in [9.17, 15) is 0 Å². The van der Waals surface area contributed by atoms with Crippen LogP contribution < -0.4 is 5.32 Å². The molecule has 0 bridgehead atoms. The van der Waals surface area contributed by atoms with Gasteiger partial charge in [0.2, 0.25) is 0 Å². The number of rotatable bonds is 4. The number of ether oxygens (including phenoxy) is 1. The van der Waals surface area contributed by atoms with Crippen LogP contribution in [0, 0.1) is 11.3 Å². The van der Waals surface area contributed by atoms with Gasteiger partial charge in [-0.15, -0.1) is 0 Å². The molecular formula is C19H21N5O. The van der Waals surface area contributed by atoms with E-state index in [1.165, 1.54) is 5.56 Å². The first-order chi connectivity index (χ1) is 12.2. The average molecular weight is 335 g/mol. The van der Waals surface area contributed by atoms with Gasteiger partial charge in [-0.05, 0) is 30.2 Å². The number of anilines is 1. The lowest BCUT2D eigenvalue weighted by Gasteiger charge is -2.23. The van der Waals surface area contributed by atoms with Crippen molar-refractivity contribution in [3.05, 3.63) is 54.0 Å². The summed E-state index contributed by atoms with van der Waals surface area (Å²) >= 11 is 0. The molecule has 6 nitrogen and oxygen atoms in total. The third-order valence-electron chi connectivity index (χ3n) is 4.95. The van der Waals surface area contributed by atoms with Gasteiger partial charge in [0.1, 0.15) is 17.6 Å². The van der Waals surface area contributed by atoms with E-state index in [0.717, 1.165) is 38.3 Å². The molecule has 2 aliphatic rings. The highest BCUT2D eigenvalue weighted by atomic mass is 16.5. The third-order valence-corrected chi connectivity index (χ3v) is 4.95. The fraction of sp³-hybridized carbons (Fsp3) is 0.421. The quantitative estimate of drug-likeness (QED) is 0.923. The molecule has 2 unspecified atom stereocenters. The molecule has 1 spiro atoms. The number of pyridine rings is 2. The van der Waals surface area contributed by atoms with Crippen LogP contribution in [0.5, 0.6) is 0 Å². The van der Waals surface area contributed by atoms with Gasteiger partial charge >= 0.3 is 0 Å². The fourth-order valence-corrected chi connectivity index (χ4v) is 3.82. The van der Waals surface area contributed by atoms with Gasteiger partial charge < -0.3 is 10.1 Å². The molecule has 4 rings (SSSR count). The summed E-state index contributed by atoms with van der Waals surface area (Å²) in [6, 6.07) is 11.9. The largest absolute Gasteiger partial charge is 0.371 e. The lowest BCUT2D eigenvalue weighted by Crippen LogP contribution is -2.33. The van der Waals surface area contributed by atoms with Gasteiger partial charge in [0, 0.05) is 38.4 Å². The third kappa shape index (κ3) is 3.63. The molecule has 2 aliphatic heterocycles. The summed E-state index contributed by atoms with van der Waals surface area (Å²) in [4.78, 5) is 10.9. The standard InChI is InChI=1S/C19H21N5O/c20-10-16-4-1-5-18(22-16)23-17-9-19(25-13-17)6-8-24(14-19)12-15-3-2-7-21-11-15/h1-5,7,11,17H,6,8-9,12-14H2,(H,22,23). The highest BCUT2D eigenvalue weighted by Gasteiger charge is 2.45. The first-order valence-electron chi connectivity index (χ1n) is 8.64. The predicted octanol–water partition coefficient (Wildman–Crippen LogP) is 2.19. The molecule has 0 radical (unpaired) electrons. The number of likely N-dealkylation sites (tertiary alicyclic amines) is 1. The number of aromatic nitrogens is 2. The molecule has 2 fully saturated rings. The minimum Gasteiger partial charge on any atom is -0.371 e. The molecule has 2 aromatic rings. The van der Waals surface area contributed by atoms with Crippen LogP contribution in [0.2, 0.25) is 0 Å². The lowest BCUT2D eigenvalue weighted by atomic mass is 9.97. The van der Waals surface area contributed by atoms with Crippen molar-refractivity contribution < 1.29 is 4.74 Å². The van der Waals surface area contributed by atoms with E-state index in [-0.39, 0.29) is 11.6 Å². The number of hydrogen-bond donors (Lipinski definition) is 1. The smallest absolute Gasteiger partial charge is 0.142 e. The molecule has 0 saturated carbocycles. The van der Waals surface area contributed by atoms with Gasteiger partial charge in [-0.2, -0.15) is 5.26 Å². The summed E-state index contributed by atoms with van der Waals surface area (Å²) in [6.07, 6.45) is 5.76. The van der Waals surface area contributed by atoms with Gasteiger partial charge in [0.25, 0.3) is 0 Å². The van der Waals surface area contributed by atoms with Crippen LogP contribution in [0.25, 0.3) is 0 Å². The summed E-state index contributed by atoms with van der Waals surface area (Å²) in [5.74, 6) is 0.745. The Bertz CT molecular complexity index is 775. The predicted molar refractivity (Wildman–Crippen MR) is 93.8 cm³/mol. The van der Waals surface area contributed by atoms with Crippen LogP contribution in [0.1, 0.15) is 24.1 Å². The Morgan fingerprint density at radius 3 is 3.16 bits per heavy atom. The monoisotopic (exact) mass is 335 g/mol. The van der Waals surface area contributed by atoms with E-state index in [4.69, 9.17) is 10.00 Å². The molecule has 1 N–H and O–H groups in total. The van der Waals surface area contributed by atoms with E-state index >= 15 is 0 Å². The SMILES string of the molecule is N#Cc1cccc(NC2COC3(CCN(Cc4cccnc4)C3)C2)n1. The van der Waals surface area contributed by atoms with Gasteiger partial charge in [0.05, 0.1) is 18.2 Å². The van der Waals surface area contributed by atoms with Crippen LogP contribution >= 0.6 is 0 Å². The summed E-state index contributed by atoms with van der Waals surface area (Å²) in [5, 5.41) is 12.4. The van der Waals surface area contributed by atoms with Crippen molar-refractivity contribution in [3.8, 4) is 6.07 Å². The second-order valence-corrected chi connectivity index (χ2v) is 6.88. The second-order valence-electron chi connectivity index (χ2n) is 6.88. The maximum absolute atomic E-state index is 8.97. The Balaban J connectivity index is 1.35. The van der Waals surface area contributed by atoms with E-state index in [1.807, 2.05) is 24.4 Å². The zero-order valence-corrected chi connectivity index (χ0v) is 14.1. The molecule has 128 valence electrons. The maximum Gasteiger partial charge on any atom is 0.142 e. The normalized spacial score (nSPS) is 26.0. The van der Waals surface area contributed by atoms with E-state index in [1.54, 1.807) is 12.3 Å². The summed E-state index contributed by atoms with van der Waals surface area (Å²) < 4.78 is 6.20. The number of hydrogen-bond acceptors (Lipinski definition) is 6. The van der Waals surface area contributed by atoms with Crippen LogP contribution in [0.15, 0.2) is 42.7 Å². The minimum atomic E-state index is -0.0628. The number of nitrogens with zero attached hydrogens (tertiary/aromatic N) is 4. The molecule has 6 heteroatoms. The molecule has 2 saturated heterocycles. The first-order valence-corrected chi connectivity index (χ1v) is 8.64. The van der Waals surface area contributed by atoms with Gasteiger partial charge in [-0.25, -0.2) is 4.98 Å². The van der Waals surface area contributed by atoms with Crippen molar-refractivity contribution in [3.63, 3.8) is 0 Å². The zero-order chi connectivity index (χ0) is 17.1. The van der Waals surface area contributed by atoms with E-state index in [0.29, 0.717) is 12.3 Å². The van der Waals surface area contributed by atoms with Crippen LogP contribution in [0.3, 0.4) is 0 Å². The average Bonchev–Trinajstić information content (AvgIpc) is 3.22. The van der Waals surface area contributed by atoms with Gasteiger partial charge in [-0.1, -0.05) is 12.1 Å². The summed E-state index contributed by atoms with van der Waals surface area (Å²) in [5.41, 5.74) is 1.61. The Kier molecular flexibility index (Phi) is 4.35. The second kappa shape index (κ2) is 6.79.